The second-order valence-electron chi connectivity index (χ2n) is 12.6. The molecular formula is C31H32Cl2N6O4S. The van der Waals surface area contributed by atoms with Gasteiger partial charge in [-0.3, -0.25) is 9.59 Å². The van der Waals surface area contributed by atoms with E-state index >= 15 is 0 Å². The summed E-state index contributed by atoms with van der Waals surface area (Å²) in [5, 5.41) is 11.7. The van der Waals surface area contributed by atoms with Gasteiger partial charge in [-0.25, -0.2) is 13.4 Å². The Morgan fingerprint density at radius 3 is 2.52 bits per heavy atom. The van der Waals surface area contributed by atoms with Gasteiger partial charge in [-0.1, -0.05) is 35.3 Å². The van der Waals surface area contributed by atoms with Crippen molar-refractivity contribution in [3.63, 3.8) is 0 Å². The Kier molecular flexibility index (Phi) is 7.11. The molecule has 7 rings (SSSR count). The summed E-state index contributed by atoms with van der Waals surface area (Å²) in [6.45, 7) is 2.35. The summed E-state index contributed by atoms with van der Waals surface area (Å²) < 4.78 is 28.2. The molecule has 4 heterocycles. The molecule has 3 aliphatic heterocycles. The van der Waals surface area contributed by atoms with Crippen molar-refractivity contribution < 1.29 is 18.0 Å². The first-order valence-electron chi connectivity index (χ1n) is 14.9. The lowest BCUT2D eigenvalue weighted by atomic mass is 9.95. The third kappa shape index (κ3) is 5.01. The largest absolute Gasteiger partial charge is 0.371 e. The molecule has 44 heavy (non-hydrogen) atoms. The summed E-state index contributed by atoms with van der Waals surface area (Å²) in [6, 6.07) is 9.89. The van der Waals surface area contributed by atoms with Crippen molar-refractivity contribution in [3.8, 4) is 6.07 Å². The van der Waals surface area contributed by atoms with Crippen LogP contribution < -0.4 is 10.2 Å². The van der Waals surface area contributed by atoms with Crippen molar-refractivity contribution in [3.05, 3.63) is 64.5 Å². The van der Waals surface area contributed by atoms with Gasteiger partial charge in [-0.15, -0.1) is 0 Å². The zero-order valence-corrected chi connectivity index (χ0v) is 26.3. The summed E-state index contributed by atoms with van der Waals surface area (Å²) in [4.78, 5) is 37.8. The van der Waals surface area contributed by atoms with Gasteiger partial charge in [-0.2, -0.15) is 5.26 Å². The Balaban J connectivity index is 1.15. The van der Waals surface area contributed by atoms with Crippen molar-refractivity contribution in [1.29, 1.82) is 5.26 Å². The number of pyridine rings is 1. The number of benzene rings is 1. The van der Waals surface area contributed by atoms with Crippen LogP contribution in [-0.2, 0) is 24.8 Å². The molecule has 1 aromatic heterocycles. The highest BCUT2D eigenvalue weighted by Crippen LogP contribution is 2.51. The number of carbonyl (C=O) groups is 2. The van der Waals surface area contributed by atoms with Gasteiger partial charge >= 0.3 is 0 Å². The number of amides is 2. The van der Waals surface area contributed by atoms with E-state index in [4.69, 9.17) is 23.2 Å². The molecule has 10 nitrogen and oxygen atoms in total. The third-order valence-electron chi connectivity index (χ3n) is 9.85. The molecule has 1 aromatic carbocycles. The van der Waals surface area contributed by atoms with Gasteiger partial charge in [0.15, 0.2) is 9.84 Å². The lowest BCUT2D eigenvalue weighted by Crippen LogP contribution is -2.51. The van der Waals surface area contributed by atoms with E-state index in [1.54, 1.807) is 36.5 Å². The van der Waals surface area contributed by atoms with Crippen LogP contribution in [0.25, 0.3) is 0 Å². The summed E-state index contributed by atoms with van der Waals surface area (Å²) in [5.74, 6) is -0.828. The second-order valence-corrected chi connectivity index (χ2v) is 15.6. The predicted molar refractivity (Wildman–Crippen MR) is 165 cm³/mol. The van der Waals surface area contributed by atoms with Crippen molar-refractivity contribution in [2.24, 2.45) is 0 Å². The molecule has 2 aliphatic carbocycles. The second kappa shape index (κ2) is 10.6. The Labute approximate surface area is 266 Å². The standard InChI is InChI=1S/C31H32Cl2N6O4S/c32-24-14-21(38-13-12-37-11-1-2-22(37)17-38)4-5-26(24)44(42,43)23-15-25(28(40)36-30(19-34)7-8-30)39(18-23)29(41)31(9-10-31)20-3-6-27(33)35-16-20/h1,3-6,11,14,16,22-23,25H,2,7-10,12-13,15,17-18H2,(H,36,40)/t22-,23+,25-/m0/s1. The van der Waals surface area contributed by atoms with E-state index in [0.717, 1.165) is 31.7 Å². The normalized spacial score (nSPS) is 26.2. The number of nitriles is 1. The minimum absolute atomic E-state index is 0.0127. The van der Waals surface area contributed by atoms with Gasteiger partial charge in [-0.05, 0) is 74.6 Å². The smallest absolute Gasteiger partial charge is 0.244 e. The summed E-state index contributed by atoms with van der Waals surface area (Å²) in [7, 11) is -4.03. The highest BCUT2D eigenvalue weighted by atomic mass is 35.5. The van der Waals surface area contributed by atoms with Crippen LogP contribution in [0.15, 0.2) is 53.7 Å². The highest BCUT2D eigenvalue weighted by Gasteiger charge is 2.58. The molecule has 0 unspecified atom stereocenters. The van der Waals surface area contributed by atoms with Crippen LogP contribution in [0, 0.1) is 11.3 Å². The minimum atomic E-state index is -4.03. The summed E-state index contributed by atoms with van der Waals surface area (Å²) >= 11 is 12.6. The van der Waals surface area contributed by atoms with Gasteiger partial charge in [0.2, 0.25) is 11.8 Å². The fourth-order valence-electron chi connectivity index (χ4n) is 6.85. The number of hydrogen-bond acceptors (Lipinski definition) is 8. The number of halogens is 2. The molecule has 2 amide bonds. The molecule has 2 saturated carbocycles. The number of nitrogens with one attached hydrogen (secondary N) is 1. The molecule has 0 radical (unpaired) electrons. The van der Waals surface area contributed by atoms with Crippen LogP contribution in [0.3, 0.4) is 0 Å². The first-order valence-corrected chi connectivity index (χ1v) is 17.2. The maximum atomic E-state index is 14.1. The number of piperazine rings is 1. The Bertz CT molecular complexity index is 1700. The van der Waals surface area contributed by atoms with E-state index in [1.165, 1.54) is 4.90 Å². The quantitative estimate of drug-likeness (QED) is 0.450. The number of sulfone groups is 1. The maximum Gasteiger partial charge on any atom is 0.244 e. The first kappa shape index (κ1) is 29.4. The van der Waals surface area contributed by atoms with Crippen LogP contribution in [0.2, 0.25) is 10.2 Å². The van der Waals surface area contributed by atoms with Crippen molar-refractivity contribution in [2.45, 2.75) is 71.7 Å². The minimum Gasteiger partial charge on any atom is -0.371 e. The van der Waals surface area contributed by atoms with Crippen LogP contribution >= 0.6 is 23.2 Å². The number of hydrogen-bond donors (Lipinski definition) is 1. The fraction of sp³-hybridized carbons (Fsp3) is 0.484. The van der Waals surface area contributed by atoms with Gasteiger partial charge in [0.05, 0.1) is 26.7 Å². The van der Waals surface area contributed by atoms with Gasteiger partial charge in [0, 0.05) is 44.1 Å². The third-order valence-corrected chi connectivity index (χ3v) is 12.7. The number of rotatable bonds is 7. The Hall–Kier alpha value is -3.33. The number of anilines is 1. The number of aromatic nitrogens is 1. The van der Waals surface area contributed by atoms with Crippen molar-refractivity contribution in [1.82, 2.24) is 20.1 Å². The number of fused-ring (bicyclic) bond motifs is 1. The molecule has 0 bridgehead atoms. The van der Waals surface area contributed by atoms with E-state index < -0.39 is 38.0 Å². The van der Waals surface area contributed by atoms with Crippen LogP contribution in [0.5, 0.6) is 0 Å². The molecule has 0 spiro atoms. The topological polar surface area (TPSA) is 127 Å². The lowest BCUT2D eigenvalue weighted by Gasteiger charge is -2.39. The van der Waals surface area contributed by atoms with Gasteiger partial charge in [0.25, 0.3) is 0 Å². The monoisotopic (exact) mass is 654 g/mol. The Morgan fingerprint density at radius 1 is 1.07 bits per heavy atom. The van der Waals surface area contributed by atoms with Crippen molar-refractivity contribution >= 4 is 50.5 Å². The van der Waals surface area contributed by atoms with Crippen LogP contribution in [-0.4, -0.2) is 84.1 Å². The fourth-order valence-corrected chi connectivity index (χ4v) is 9.20. The molecule has 4 fully saturated rings. The molecule has 13 heteroatoms. The Morgan fingerprint density at radius 2 is 1.86 bits per heavy atom. The predicted octanol–water partition coefficient (Wildman–Crippen LogP) is 3.44. The molecule has 5 aliphatic rings. The lowest BCUT2D eigenvalue weighted by molar-refractivity contribution is -0.140. The maximum absolute atomic E-state index is 14.1. The molecule has 1 N–H and O–H groups in total. The highest BCUT2D eigenvalue weighted by molar-refractivity contribution is 7.92. The van der Waals surface area contributed by atoms with E-state index in [2.05, 4.69) is 38.4 Å². The average molecular weight is 656 g/mol. The van der Waals surface area contributed by atoms with E-state index in [9.17, 15) is 23.3 Å². The number of carbonyl (C=O) groups excluding carboxylic acids is 2. The summed E-state index contributed by atoms with van der Waals surface area (Å²) in [6.07, 6.45) is 8.90. The van der Waals surface area contributed by atoms with E-state index in [0.29, 0.717) is 42.4 Å². The van der Waals surface area contributed by atoms with E-state index in [1.807, 2.05) is 0 Å². The van der Waals surface area contributed by atoms with Gasteiger partial charge in [0.1, 0.15) is 16.7 Å². The molecular weight excluding hydrogens is 623 g/mol. The zero-order valence-electron chi connectivity index (χ0n) is 24.0. The molecule has 230 valence electrons. The molecule has 2 saturated heterocycles. The number of nitrogens with zero attached hydrogens (tertiary/aromatic N) is 5. The van der Waals surface area contributed by atoms with E-state index in [-0.39, 0.29) is 28.8 Å². The SMILES string of the molecule is N#CC1(NC(=O)[C@@H]2C[C@@H](S(=O)(=O)c3ccc(N4CCN5C=CC[C@H]5C4)cc3Cl)CN2C(=O)C2(c3ccc(Cl)nc3)CC2)CC1. The zero-order chi connectivity index (χ0) is 30.9. The average Bonchev–Trinajstić information content (AvgIpc) is 3.88. The van der Waals surface area contributed by atoms with Gasteiger partial charge < -0.3 is 20.0 Å². The summed E-state index contributed by atoms with van der Waals surface area (Å²) in [5.41, 5.74) is -0.306. The molecule has 2 aromatic rings. The first-order chi connectivity index (χ1) is 21.0. The van der Waals surface area contributed by atoms with Crippen molar-refractivity contribution in [2.75, 3.05) is 31.1 Å². The van der Waals surface area contributed by atoms with Crippen LogP contribution in [0.4, 0.5) is 5.69 Å². The number of likely N-dealkylation sites (tertiary alicyclic amines) is 1. The van der Waals surface area contributed by atoms with Crippen LogP contribution in [0.1, 0.15) is 44.1 Å². The molecule has 3 atom stereocenters.